The fourth-order valence-electron chi connectivity index (χ4n) is 4.71. The number of nitrogens with one attached hydrogen (secondary N) is 1. The lowest BCUT2D eigenvalue weighted by atomic mass is 10.1. The molecule has 1 saturated carbocycles. The van der Waals surface area contributed by atoms with Crippen LogP contribution < -0.4 is 15.9 Å². The average molecular weight is 553 g/mol. The molecule has 0 aliphatic heterocycles. The minimum absolute atomic E-state index is 0.0408. The Morgan fingerprint density at radius 2 is 1.92 bits per heavy atom. The Labute approximate surface area is 232 Å². The highest BCUT2D eigenvalue weighted by Crippen LogP contribution is 2.31. The van der Waals surface area contributed by atoms with Crippen molar-refractivity contribution in [2.45, 2.75) is 58.0 Å². The van der Waals surface area contributed by atoms with E-state index in [1.54, 1.807) is 38.6 Å². The maximum Gasteiger partial charge on any atom is 0.332 e. The number of urea groups is 1. The Hall–Kier alpha value is -3.99. The number of hydrogen-bond acceptors (Lipinski definition) is 7. The molecule has 0 saturated heterocycles. The number of carbonyl (C=O) groups is 2. The highest BCUT2D eigenvalue weighted by molar-refractivity contribution is 6.32. The van der Waals surface area contributed by atoms with E-state index in [0.29, 0.717) is 47.6 Å². The molecule has 12 heteroatoms. The summed E-state index contributed by atoms with van der Waals surface area (Å²) in [7, 11) is 1.57. The minimum atomic E-state index is -0.735. The molecule has 0 bridgehead atoms. The lowest BCUT2D eigenvalue weighted by molar-refractivity contribution is -0.133. The highest BCUT2D eigenvalue weighted by atomic mass is 35.5. The quantitative estimate of drug-likeness (QED) is 0.269. The molecule has 1 aliphatic rings. The van der Waals surface area contributed by atoms with Gasteiger partial charge in [0.1, 0.15) is 5.75 Å². The first-order chi connectivity index (χ1) is 18.9. The first-order valence-electron chi connectivity index (χ1n) is 12.9. The van der Waals surface area contributed by atoms with E-state index in [0.717, 1.165) is 36.8 Å². The minimum Gasteiger partial charge on any atom is -0.495 e. The number of primary amides is 1. The van der Waals surface area contributed by atoms with Gasteiger partial charge in [0.05, 0.1) is 18.7 Å². The molecule has 1 aliphatic carbocycles. The number of amides is 3. The van der Waals surface area contributed by atoms with Crippen LogP contribution in [0.3, 0.4) is 0 Å². The first kappa shape index (κ1) is 28.0. The van der Waals surface area contributed by atoms with Gasteiger partial charge in [0, 0.05) is 48.2 Å². The Bertz CT molecular complexity index is 1320. The molecular weight excluding hydrogens is 520 g/mol. The van der Waals surface area contributed by atoms with Gasteiger partial charge in [-0.25, -0.2) is 19.9 Å². The van der Waals surface area contributed by atoms with Gasteiger partial charge in [0.25, 0.3) is 0 Å². The summed E-state index contributed by atoms with van der Waals surface area (Å²) in [6.07, 6.45) is 8.26. The third kappa shape index (κ3) is 7.32. The SMILES string of the molecule is COc1ccc(-c2nc(-c3ccncc3)nn2CCN(C(=O)CCC(C)=NNC(N)=O)C2CCCC2)cc1Cl. The molecule has 0 radical (unpaired) electrons. The molecule has 1 fully saturated rings. The molecule has 3 amide bonds. The van der Waals surface area contributed by atoms with E-state index < -0.39 is 6.03 Å². The lowest BCUT2D eigenvalue weighted by Gasteiger charge is -2.29. The van der Waals surface area contributed by atoms with Crippen LogP contribution in [0.25, 0.3) is 22.8 Å². The zero-order chi connectivity index (χ0) is 27.8. The number of hydrazone groups is 1. The summed E-state index contributed by atoms with van der Waals surface area (Å²) in [6, 6.07) is 8.66. The van der Waals surface area contributed by atoms with Crippen LogP contribution in [0.1, 0.15) is 45.4 Å². The number of halogens is 1. The largest absolute Gasteiger partial charge is 0.495 e. The summed E-state index contributed by atoms with van der Waals surface area (Å²) in [5, 5.41) is 9.19. The first-order valence-corrected chi connectivity index (χ1v) is 13.3. The van der Waals surface area contributed by atoms with Crippen LogP contribution >= 0.6 is 11.6 Å². The molecule has 206 valence electrons. The van der Waals surface area contributed by atoms with E-state index in [2.05, 4.69) is 15.5 Å². The number of carbonyl (C=O) groups excluding carboxylic acids is 2. The normalized spacial score (nSPS) is 13.9. The van der Waals surface area contributed by atoms with Crippen LogP contribution in [-0.4, -0.2) is 62.0 Å². The van der Waals surface area contributed by atoms with E-state index >= 15 is 0 Å². The second-order valence-electron chi connectivity index (χ2n) is 9.42. The van der Waals surface area contributed by atoms with Crippen LogP contribution in [0.2, 0.25) is 5.02 Å². The number of pyridine rings is 1. The van der Waals surface area contributed by atoms with Crippen LogP contribution in [0.15, 0.2) is 47.8 Å². The van der Waals surface area contributed by atoms with Crippen LogP contribution in [0.5, 0.6) is 5.75 Å². The maximum absolute atomic E-state index is 13.4. The zero-order valence-electron chi connectivity index (χ0n) is 22.1. The number of methoxy groups -OCH3 is 1. The topological polar surface area (TPSA) is 141 Å². The summed E-state index contributed by atoms with van der Waals surface area (Å²) >= 11 is 6.43. The molecule has 11 nitrogen and oxygen atoms in total. The van der Waals surface area contributed by atoms with Gasteiger partial charge >= 0.3 is 6.03 Å². The Morgan fingerprint density at radius 1 is 1.18 bits per heavy atom. The van der Waals surface area contributed by atoms with Gasteiger partial charge in [-0.15, -0.1) is 0 Å². The summed E-state index contributed by atoms with van der Waals surface area (Å²) < 4.78 is 7.13. The third-order valence-corrected chi connectivity index (χ3v) is 7.01. The molecule has 39 heavy (non-hydrogen) atoms. The molecule has 0 unspecified atom stereocenters. The number of nitrogens with two attached hydrogens (primary N) is 1. The van der Waals surface area contributed by atoms with Crippen LogP contribution in [0, 0.1) is 0 Å². The van der Waals surface area contributed by atoms with Gasteiger partial charge < -0.3 is 15.4 Å². The Balaban J connectivity index is 1.57. The second-order valence-corrected chi connectivity index (χ2v) is 9.82. The van der Waals surface area contributed by atoms with Crippen molar-refractivity contribution in [1.29, 1.82) is 0 Å². The van der Waals surface area contributed by atoms with Gasteiger partial charge in [-0.1, -0.05) is 24.4 Å². The highest BCUT2D eigenvalue weighted by Gasteiger charge is 2.27. The van der Waals surface area contributed by atoms with Crippen molar-refractivity contribution in [3.63, 3.8) is 0 Å². The van der Waals surface area contributed by atoms with Gasteiger partial charge in [0.2, 0.25) is 5.91 Å². The predicted molar refractivity (Wildman–Crippen MR) is 149 cm³/mol. The molecule has 1 aromatic carbocycles. The van der Waals surface area contributed by atoms with Crippen molar-refractivity contribution in [3.05, 3.63) is 47.7 Å². The van der Waals surface area contributed by atoms with E-state index in [1.807, 2.05) is 27.8 Å². The van der Waals surface area contributed by atoms with Gasteiger partial charge in [0.15, 0.2) is 11.6 Å². The van der Waals surface area contributed by atoms with Crippen LogP contribution in [0.4, 0.5) is 4.79 Å². The molecule has 2 heterocycles. The number of ether oxygens (including phenoxy) is 1. The van der Waals surface area contributed by atoms with Crippen molar-refractivity contribution >= 4 is 29.3 Å². The molecule has 2 aromatic heterocycles. The molecule has 3 N–H and O–H groups in total. The van der Waals surface area contributed by atoms with E-state index in [-0.39, 0.29) is 18.4 Å². The van der Waals surface area contributed by atoms with Crippen molar-refractivity contribution in [2.24, 2.45) is 10.8 Å². The van der Waals surface area contributed by atoms with Crippen molar-refractivity contribution in [1.82, 2.24) is 30.1 Å². The van der Waals surface area contributed by atoms with Crippen molar-refractivity contribution in [3.8, 4) is 28.5 Å². The number of aromatic nitrogens is 4. The Kier molecular flexibility index (Phi) is 9.48. The van der Waals surface area contributed by atoms with Crippen molar-refractivity contribution < 1.29 is 14.3 Å². The van der Waals surface area contributed by atoms with Gasteiger partial charge in [-0.05, 0) is 56.5 Å². The van der Waals surface area contributed by atoms with E-state index in [1.165, 1.54) is 0 Å². The monoisotopic (exact) mass is 552 g/mol. The van der Waals surface area contributed by atoms with Crippen molar-refractivity contribution in [2.75, 3.05) is 13.7 Å². The predicted octanol–water partition coefficient (Wildman–Crippen LogP) is 4.26. The fourth-order valence-corrected chi connectivity index (χ4v) is 4.97. The number of benzene rings is 1. The molecule has 3 aromatic rings. The molecule has 4 rings (SSSR count). The molecule has 0 atom stereocenters. The zero-order valence-corrected chi connectivity index (χ0v) is 22.9. The number of hydrogen-bond donors (Lipinski definition) is 2. The standard InChI is InChI=1S/C27H33ClN8O3/c1-18(32-33-27(29)38)7-10-24(37)35(21-5-3-4-6-21)15-16-36-26(20-8-9-23(39-2)22(28)17-20)31-25(34-36)19-11-13-30-14-12-19/h8-9,11-14,17,21H,3-7,10,15-16H2,1-2H3,(H3,29,33,38). The number of nitrogens with zero attached hydrogens (tertiary/aromatic N) is 6. The summed E-state index contributed by atoms with van der Waals surface area (Å²) in [6.45, 7) is 2.69. The number of rotatable bonds is 11. The third-order valence-electron chi connectivity index (χ3n) is 6.72. The second kappa shape index (κ2) is 13.2. The smallest absolute Gasteiger partial charge is 0.332 e. The summed E-state index contributed by atoms with van der Waals surface area (Å²) in [5.74, 6) is 1.82. The lowest BCUT2D eigenvalue weighted by Crippen LogP contribution is -2.41. The van der Waals surface area contributed by atoms with Crippen LogP contribution in [-0.2, 0) is 11.3 Å². The van der Waals surface area contributed by atoms with Gasteiger partial charge in [-0.2, -0.15) is 10.2 Å². The van der Waals surface area contributed by atoms with Gasteiger partial charge in [-0.3, -0.25) is 9.78 Å². The average Bonchev–Trinajstić information content (AvgIpc) is 3.62. The summed E-state index contributed by atoms with van der Waals surface area (Å²) in [5.41, 5.74) is 9.55. The summed E-state index contributed by atoms with van der Waals surface area (Å²) in [4.78, 5) is 35.2. The van der Waals surface area contributed by atoms with E-state index in [9.17, 15) is 9.59 Å². The van der Waals surface area contributed by atoms with E-state index in [4.69, 9.17) is 32.2 Å². The molecular formula is C27H33ClN8O3. The maximum atomic E-state index is 13.4. The molecule has 0 spiro atoms. The fraction of sp³-hybridized carbons (Fsp3) is 0.407. The Morgan fingerprint density at radius 3 is 2.59 bits per heavy atom.